The number of nitrogens with one attached hydrogen (secondary N) is 2. The van der Waals surface area contributed by atoms with Gasteiger partial charge in [-0.1, -0.05) is 30.3 Å². The molecule has 7 nitrogen and oxygen atoms in total. The highest BCUT2D eigenvalue weighted by Gasteiger charge is 2.32. The Hall–Kier alpha value is -3.89. The number of hydrogen-bond donors (Lipinski definition) is 3. The van der Waals surface area contributed by atoms with E-state index in [9.17, 15) is 23.1 Å². The van der Waals surface area contributed by atoms with Gasteiger partial charge in [0.05, 0.1) is 17.5 Å². The molecule has 1 aliphatic heterocycles. The molecule has 2 aromatic carbocycles. The highest BCUT2D eigenvalue weighted by molar-refractivity contribution is 5.77. The molecule has 0 saturated heterocycles. The van der Waals surface area contributed by atoms with Crippen LogP contribution in [0.25, 0.3) is 16.8 Å². The van der Waals surface area contributed by atoms with E-state index in [0.717, 1.165) is 34.6 Å². The third kappa shape index (κ3) is 5.83. The minimum Gasteiger partial charge on any atom is -0.374 e. The Morgan fingerprint density at radius 2 is 1.88 bits per heavy atom. The topological polar surface area (TPSA) is 81.9 Å². The van der Waals surface area contributed by atoms with Gasteiger partial charge >= 0.3 is 12.2 Å². The molecule has 0 unspecified atom stereocenters. The molecule has 40 heavy (non-hydrogen) atoms. The number of carbonyl (C=O) groups excluding carboxylic acids is 1. The van der Waals surface area contributed by atoms with Crippen LogP contribution in [0.4, 0.5) is 18.0 Å². The second-order valence-corrected chi connectivity index (χ2v) is 11.1. The Morgan fingerprint density at radius 3 is 2.62 bits per heavy atom. The number of nitrogens with zero attached hydrogens (tertiary/aromatic N) is 3. The van der Waals surface area contributed by atoms with Crippen LogP contribution in [0.2, 0.25) is 0 Å². The van der Waals surface area contributed by atoms with E-state index in [0.29, 0.717) is 36.2 Å². The van der Waals surface area contributed by atoms with E-state index in [2.05, 4.69) is 15.6 Å². The van der Waals surface area contributed by atoms with Gasteiger partial charge in [-0.25, -0.2) is 9.78 Å². The summed E-state index contributed by atoms with van der Waals surface area (Å²) in [4.78, 5) is 19.1. The maximum absolute atomic E-state index is 13.5. The summed E-state index contributed by atoms with van der Waals surface area (Å²) in [6, 6.07) is 14.2. The summed E-state index contributed by atoms with van der Waals surface area (Å²) in [5.41, 5.74) is 3.72. The molecule has 0 bridgehead atoms. The lowest BCUT2D eigenvalue weighted by molar-refractivity contribution is -0.137. The Balaban J connectivity index is 1.49. The number of alkyl halides is 3. The number of imidazole rings is 1. The normalized spacial score (nSPS) is 14.7. The number of aliphatic hydroxyl groups is 1. The van der Waals surface area contributed by atoms with E-state index in [1.807, 2.05) is 49.6 Å². The summed E-state index contributed by atoms with van der Waals surface area (Å²) in [5.74, 6) is 0. The number of hydrogen-bond acceptors (Lipinski definition) is 4. The van der Waals surface area contributed by atoms with Crippen molar-refractivity contribution in [2.45, 2.75) is 58.2 Å². The van der Waals surface area contributed by atoms with Crippen LogP contribution in [-0.2, 0) is 25.7 Å². The van der Waals surface area contributed by atoms with Gasteiger partial charge in [0, 0.05) is 36.9 Å². The van der Waals surface area contributed by atoms with Gasteiger partial charge in [0.1, 0.15) is 11.9 Å². The Labute approximate surface area is 230 Å². The molecule has 210 valence electrons. The van der Waals surface area contributed by atoms with Gasteiger partial charge in [-0.2, -0.15) is 13.2 Å². The van der Waals surface area contributed by atoms with Crippen molar-refractivity contribution >= 4 is 11.7 Å². The Bertz CT molecular complexity index is 1540. The molecule has 1 atom stereocenters. The molecule has 2 aromatic heterocycles. The number of amides is 2. The highest BCUT2D eigenvalue weighted by Crippen LogP contribution is 2.37. The second kappa shape index (κ2) is 10.6. The van der Waals surface area contributed by atoms with Crippen LogP contribution in [0, 0.1) is 0 Å². The predicted molar refractivity (Wildman–Crippen MR) is 146 cm³/mol. The third-order valence-electron chi connectivity index (χ3n) is 6.98. The fourth-order valence-corrected chi connectivity index (χ4v) is 5.09. The minimum absolute atomic E-state index is 0.216. The lowest BCUT2D eigenvalue weighted by Crippen LogP contribution is -2.50. The molecule has 0 aliphatic carbocycles. The summed E-state index contributed by atoms with van der Waals surface area (Å²) in [5, 5.41) is 17.4. The predicted octanol–water partition coefficient (Wildman–Crippen LogP) is 5.67. The zero-order valence-corrected chi connectivity index (χ0v) is 22.6. The van der Waals surface area contributed by atoms with E-state index in [1.54, 1.807) is 29.3 Å². The fraction of sp³-hybridized carbons (Fsp3) is 0.333. The minimum atomic E-state index is -4.46. The largest absolute Gasteiger partial charge is 0.416 e. The number of rotatable bonds is 5. The molecule has 0 spiro atoms. The Morgan fingerprint density at radius 1 is 1.07 bits per heavy atom. The van der Waals surface area contributed by atoms with E-state index < -0.39 is 23.5 Å². The maximum Gasteiger partial charge on any atom is 0.416 e. The lowest BCUT2D eigenvalue weighted by Gasteiger charge is -2.35. The van der Waals surface area contributed by atoms with E-state index in [4.69, 9.17) is 0 Å². The summed E-state index contributed by atoms with van der Waals surface area (Å²) in [6.07, 6.45) is -1.48. The molecular formula is C30H32F3N5O2. The Kier molecular flexibility index (Phi) is 7.32. The first kappa shape index (κ1) is 27.7. The first-order chi connectivity index (χ1) is 18.9. The van der Waals surface area contributed by atoms with Crippen LogP contribution < -0.4 is 10.6 Å². The van der Waals surface area contributed by atoms with E-state index in [1.165, 1.54) is 6.07 Å². The molecule has 3 N–H and O–H groups in total. The summed E-state index contributed by atoms with van der Waals surface area (Å²) in [7, 11) is 0. The van der Waals surface area contributed by atoms with E-state index in [-0.39, 0.29) is 12.6 Å². The van der Waals surface area contributed by atoms with Crippen molar-refractivity contribution in [2.24, 2.45) is 0 Å². The molecule has 0 fully saturated rings. The van der Waals surface area contributed by atoms with Crippen molar-refractivity contribution in [3.05, 3.63) is 94.9 Å². The number of halogens is 3. The molecule has 5 rings (SSSR count). The van der Waals surface area contributed by atoms with Crippen LogP contribution >= 0.6 is 0 Å². The van der Waals surface area contributed by atoms with Crippen molar-refractivity contribution in [1.29, 1.82) is 0 Å². The van der Waals surface area contributed by atoms with Gasteiger partial charge in [-0.05, 0) is 73.7 Å². The number of aromatic nitrogens is 2. The van der Waals surface area contributed by atoms with Crippen LogP contribution in [-0.4, -0.2) is 37.5 Å². The number of carbonyl (C=O) groups is 1. The number of fused-ring (bicyclic) bond motifs is 2. The van der Waals surface area contributed by atoms with Crippen molar-refractivity contribution in [1.82, 2.24) is 24.9 Å². The third-order valence-corrected chi connectivity index (χ3v) is 6.98. The standard InChI is InChI=1S/C30H32F3N5O2/c1-29(2,3)36-28(40)37-14-12-23-22(19-7-6-8-20(15-19)30(31,32)33)10-11-24(25(23)18-37)27(39)35-17-21-16-34-26-9-4-5-13-38(21)26/h4-11,13,15-16,27,35,39H,12,14,17-18H2,1-3H3,(H,36,40)/t27-/m1/s1. The van der Waals surface area contributed by atoms with Gasteiger partial charge in [0.2, 0.25) is 0 Å². The molecule has 1 aliphatic rings. The summed E-state index contributed by atoms with van der Waals surface area (Å²) < 4.78 is 42.3. The number of aliphatic hydroxyl groups excluding tert-OH is 1. The van der Waals surface area contributed by atoms with Crippen molar-refractivity contribution in [2.75, 3.05) is 6.54 Å². The fourth-order valence-electron chi connectivity index (χ4n) is 5.09. The monoisotopic (exact) mass is 551 g/mol. The lowest BCUT2D eigenvalue weighted by atomic mass is 9.86. The number of urea groups is 1. The van der Waals surface area contributed by atoms with Gasteiger partial charge in [0.15, 0.2) is 0 Å². The number of pyridine rings is 1. The molecule has 3 heterocycles. The van der Waals surface area contributed by atoms with Gasteiger partial charge in [-0.3, -0.25) is 5.32 Å². The average molecular weight is 552 g/mol. The number of benzene rings is 2. The quantitative estimate of drug-likeness (QED) is 0.279. The van der Waals surface area contributed by atoms with Gasteiger partial charge < -0.3 is 19.7 Å². The van der Waals surface area contributed by atoms with E-state index >= 15 is 0 Å². The first-order valence-corrected chi connectivity index (χ1v) is 13.1. The molecule has 0 saturated carbocycles. The molecule has 2 amide bonds. The van der Waals surface area contributed by atoms with Crippen LogP contribution in [0.5, 0.6) is 0 Å². The van der Waals surface area contributed by atoms with Gasteiger partial charge in [0.25, 0.3) is 0 Å². The average Bonchev–Trinajstić information content (AvgIpc) is 3.32. The molecule has 4 aromatic rings. The maximum atomic E-state index is 13.5. The van der Waals surface area contributed by atoms with Crippen LogP contribution in [0.1, 0.15) is 54.9 Å². The smallest absolute Gasteiger partial charge is 0.374 e. The van der Waals surface area contributed by atoms with Crippen molar-refractivity contribution < 1.29 is 23.1 Å². The SMILES string of the molecule is CC(C)(C)NC(=O)N1CCc2c(-c3cccc(C(F)(F)F)c3)ccc([C@@H](O)NCc3cnc4ccccn34)c2C1. The summed E-state index contributed by atoms with van der Waals surface area (Å²) in [6.45, 7) is 6.63. The van der Waals surface area contributed by atoms with Crippen LogP contribution in [0.3, 0.4) is 0 Å². The van der Waals surface area contributed by atoms with Gasteiger partial charge in [-0.15, -0.1) is 0 Å². The molecular weight excluding hydrogens is 519 g/mol. The molecule has 10 heteroatoms. The first-order valence-electron chi connectivity index (χ1n) is 13.1. The second-order valence-electron chi connectivity index (χ2n) is 11.1. The zero-order valence-electron chi connectivity index (χ0n) is 22.6. The highest BCUT2D eigenvalue weighted by atomic mass is 19.4. The molecule has 0 radical (unpaired) electrons. The van der Waals surface area contributed by atoms with Crippen molar-refractivity contribution in [3.63, 3.8) is 0 Å². The summed E-state index contributed by atoms with van der Waals surface area (Å²) >= 11 is 0. The van der Waals surface area contributed by atoms with Crippen molar-refractivity contribution in [3.8, 4) is 11.1 Å². The zero-order chi connectivity index (χ0) is 28.7. The van der Waals surface area contributed by atoms with Crippen LogP contribution in [0.15, 0.2) is 67.0 Å².